The number of carbonyl (C=O) groups excluding carboxylic acids is 4. The number of rotatable bonds is 9. The van der Waals surface area contributed by atoms with E-state index in [0.717, 1.165) is 16.7 Å². The van der Waals surface area contributed by atoms with E-state index >= 15 is 0 Å². The van der Waals surface area contributed by atoms with Crippen molar-refractivity contribution in [3.63, 3.8) is 0 Å². The van der Waals surface area contributed by atoms with Crippen LogP contribution in [0.4, 0.5) is 4.79 Å². The molecule has 9 heteroatoms. The minimum absolute atomic E-state index is 0.000154. The summed E-state index contributed by atoms with van der Waals surface area (Å²) in [6, 6.07) is 25.9. The number of amides is 1. The molecule has 2 fully saturated rings. The normalized spacial score (nSPS) is 21.4. The Kier molecular flexibility index (Phi) is 9.35. The summed E-state index contributed by atoms with van der Waals surface area (Å²) in [4.78, 5) is 57.3. The summed E-state index contributed by atoms with van der Waals surface area (Å²) >= 11 is 0. The zero-order valence-electron chi connectivity index (χ0n) is 24.0. The fraction of sp³-hybridized carbons (Fsp3) is 0.324. The first kappa shape index (κ1) is 29.8. The van der Waals surface area contributed by atoms with Crippen molar-refractivity contribution in [2.24, 2.45) is 5.41 Å². The predicted molar refractivity (Wildman–Crippen MR) is 157 cm³/mol. The SMILES string of the molecule is CCOC(=O)C12CCN(C(=O)OCc3ccccc3)C(CN(Cc3ccccc3)C1C(=O)OCc1ccccc1)C2=C=O. The lowest BCUT2D eigenvalue weighted by atomic mass is 9.63. The number of nitrogens with zero attached hydrogens (tertiary/aromatic N) is 2. The molecule has 0 N–H and O–H groups in total. The van der Waals surface area contributed by atoms with Crippen molar-refractivity contribution in [3.05, 3.63) is 113 Å². The molecule has 0 spiro atoms. The first-order valence-electron chi connectivity index (χ1n) is 14.4. The molecule has 2 saturated heterocycles. The highest BCUT2D eigenvalue weighted by molar-refractivity contribution is 5.94. The largest absolute Gasteiger partial charge is 0.465 e. The Morgan fingerprint density at radius 2 is 1.37 bits per heavy atom. The Bertz CT molecular complexity index is 1470. The van der Waals surface area contributed by atoms with Gasteiger partial charge in [0.25, 0.3) is 0 Å². The quantitative estimate of drug-likeness (QED) is 0.209. The summed E-state index contributed by atoms with van der Waals surface area (Å²) < 4.78 is 16.9. The van der Waals surface area contributed by atoms with Crippen molar-refractivity contribution in [2.75, 3.05) is 19.7 Å². The third-order valence-corrected chi connectivity index (χ3v) is 8.04. The molecule has 3 aromatic carbocycles. The monoisotopic (exact) mass is 582 g/mol. The molecule has 0 aliphatic carbocycles. The Balaban J connectivity index is 1.51. The zero-order chi connectivity index (χ0) is 30.2. The molecule has 3 atom stereocenters. The van der Waals surface area contributed by atoms with Gasteiger partial charge in [0.05, 0.1) is 18.2 Å². The number of esters is 2. The van der Waals surface area contributed by atoms with Crippen LogP contribution < -0.4 is 0 Å². The molecular weight excluding hydrogens is 548 g/mol. The van der Waals surface area contributed by atoms with Gasteiger partial charge in [0.2, 0.25) is 0 Å². The second-order valence-corrected chi connectivity index (χ2v) is 10.6. The molecule has 3 aromatic rings. The van der Waals surface area contributed by atoms with Crippen molar-refractivity contribution in [1.82, 2.24) is 9.80 Å². The van der Waals surface area contributed by atoms with Crippen LogP contribution in [0.3, 0.4) is 0 Å². The van der Waals surface area contributed by atoms with Crippen molar-refractivity contribution < 1.29 is 33.4 Å². The average molecular weight is 583 g/mol. The van der Waals surface area contributed by atoms with Crippen LogP contribution in [0.15, 0.2) is 96.6 Å². The van der Waals surface area contributed by atoms with Crippen LogP contribution in [0, 0.1) is 5.41 Å². The topological polar surface area (TPSA) is 102 Å². The number of hydrogen-bond acceptors (Lipinski definition) is 8. The number of benzene rings is 3. The van der Waals surface area contributed by atoms with Gasteiger partial charge in [-0.2, -0.15) is 0 Å². The standard InChI is InChI=1S/C34H34N2O7/c1-2-41-32(39)34-18-19-36(33(40)43-24-27-16-10-5-11-17-27)29(28(34)22-37)21-35(20-25-12-6-3-7-13-25)30(34)31(38)42-23-26-14-8-4-9-15-26/h3-17,29-30H,2,18-21,23-24H2,1H3. The highest BCUT2D eigenvalue weighted by Gasteiger charge is 2.65. The molecule has 1 amide bonds. The van der Waals surface area contributed by atoms with E-state index in [9.17, 15) is 19.2 Å². The van der Waals surface area contributed by atoms with E-state index in [1.54, 1.807) is 6.92 Å². The summed E-state index contributed by atoms with van der Waals surface area (Å²) in [6.07, 6.45) is -0.659. The van der Waals surface area contributed by atoms with Crippen LogP contribution in [-0.4, -0.2) is 65.6 Å². The van der Waals surface area contributed by atoms with Gasteiger partial charge in [-0.05, 0) is 30.0 Å². The van der Waals surface area contributed by atoms with Gasteiger partial charge in [0.15, 0.2) is 0 Å². The first-order chi connectivity index (χ1) is 21.0. The maximum absolute atomic E-state index is 14.0. The van der Waals surface area contributed by atoms with Crippen LogP contribution in [-0.2, 0) is 48.4 Å². The Hall–Kier alpha value is -4.72. The average Bonchev–Trinajstić information content (AvgIpc) is 3.04. The molecular formula is C34H34N2O7. The molecule has 43 heavy (non-hydrogen) atoms. The van der Waals surface area contributed by atoms with Crippen LogP contribution in [0.2, 0.25) is 0 Å². The molecule has 9 nitrogen and oxygen atoms in total. The molecule has 0 aromatic heterocycles. The minimum Gasteiger partial charge on any atom is -0.465 e. The van der Waals surface area contributed by atoms with E-state index in [4.69, 9.17) is 14.2 Å². The number of carbonyl (C=O) groups is 3. The lowest BCUT2D eigenvalue weighted by Crippen LogP contribution is -2.71. The summed E-state index contributed by atoms with van der Waals surface area (Å²) in [7, 11) is 0. The molecule has 3 unspecified atom stereocenters. The molecule has 0 radical (unpaired) electrons. The van der Waals surface area contributed by atoms with E-state index < -0.39 is 35.5 Å². The van der Waals surface area contributed by atoms with Gasteiger partial charge in [-0.3, -0.25) is 19.4 Å². The lowest BCUT2D eigenvalue weighted by molar-refractivity contribution is -0.177. The number of piperidine rings is 2. The second kappa shape index (κ2) is 13.5. The predicted octanol–water partition coefficient (Wildman–Crippen LogP) is 4.33. The molecule has 5 rings (SSSR count). The molecule has 2 heterocycles. The Labute approximate surface area is 250 Å². The summed E-state index contributed by atoms with van der Waals surface area (Å²) in [5.41, 5.74) is 0.790. The Morgan fingerprint density at radius 1 is 0.814 bits per heavy atom. The summed E-state index contributed by atoms with van der Waals surface area (Å²) in [5.74, 6) is 0.603. The van der Waals surface area contributed by atoms with Gasteiger partial charge in [-0.1, -0.05) is 91.0 Å². The van der Waals surface area contributed by atoms with Crippen molar-refractivity contribution in [2.45, 2.75) is 45.2 Å². The molecule has 2 aliphatic rings. The minimum atomic E-state index is -1.70. The summed E-state index contributed by atoms with van der Waals surface area (Å²) in [5, 5.41) is 0. The van der Waals surface area contributed by atoms with Crippen molar-refractivity contribution in [1.29, 1.82) is 0 Å². The van der Waals surface area contributed by atoms with Gasteiger partial charge in [-0.25, -0.2) is 9.59 Å². The third-order valence-electron chi connectivity index (χ3n) is 8.04. The molecule has 2 bridgehead atoms. The number of fused-ring (bicyclic) bond motifs is 2. The second-order valence-electron chi connectivity index (χ2n) is 10.6. The van der Waals surface area contributed by atoms with Crippen LogP contribution >= 0.6 is 0 Å². The first-order valence-corrected chi connectivity index (χ1v) is 14.4. The van der Waals surface area contributed by atoms with Gasteiger partial charge in [0.1, 0.15) is 30.6 Å². The molecule has 222 valence electrons. The van der Waals surface area contributed by atoms with Gasteiger partial charge in [0, 0.05) is 19.6 Å². The van der Waals surface area contributed by atoms with E-state index in [1.165, 1.54) is 4.90 Å². The lowest BCUT2D eigenvalue weighted by Gasteiger charge is -2.55. The third kappa shape index (κ3) is 6.23. The van der Waals surface area contributed by atoms with Gasteiger partial charge in [-0.15, -0.1) is 0 Å². The number of ether oxygens (including phenoxy) is 3. The van der Waals surface area contributed by atoms with E-state index in [0.29, 0.717) is 0 Å². The van der Waals surface area contributed by atoms with Crippen LogP contribution in [0.25, 0.3) is 0 Å². The fourth-order valence-electron chi connectivity index (χ4n) is 6.05. The molecule has 2 aliphatic heterocycles. The van der Waals surface area contributed by atoms with Crippen LogP contribution in [0.5, 0.6) is 0 Å². The zero-order valence-corrected chi connectivity index (χ0v) is 24.0. The molecule has 0 saturated carbocycles. The number of hydrogen-bond donors (Lipinski definition) is 0. The van der Waals surface area contributed by atoms with Gasteiger partial charge >= 0.3 is 18.0 Å². The van der Waals surface area contributed by atoms with E-state index in [1.807, 2.05) is 102 Å². The van der Waals surface area contributed by atoms with Crippen LogP contribution in [0.1, 0.15) is 30.0 Å². The highest BCUT2D eigenvalue weighted by Crippen LogP contribution is 2.49. The maximum Gasteiger partial charge on any atom is 0.410 e. The maximum atomic E-state index is 14.0. The van der Waals surface area contributed by atoms with Crippen molar-refractivity contribution in [3.8, 4) is 0 Å². The Morgan fingerprint density at radius 3 is 1.93 bits per heavy atom. The van der Waals surface area contributed by atoms with E-state index in [-0.39, 0.29) is 51.4 Å². The fourth-order valence-corrected chi connectivity index (χ4v) is 6.05. The smallest absolute Gasteiger partial charge is 0.410 e. The highest BCUT2D eigenvalue weighted by atomic mass is 16.6. The van der Waals surface area contributed by atoms with Gasteiger partial charge < -0.3 is 14.2 Å². The van der Waals surface area contributed by atoms with Crippen molar-refractivity contribution >= 4 is 24.0 Å². The number of likely N-dealkylation sites (tertiary alicyclic amines) is 2. The van der Waals surface area contributed by atoms with E-state index in [2.05, 4.69) is 0 Å². The summed E-state index contributed by atoms with van der Waals surface area (Å²) in [6.45, 7) is 2.19.